The van der Waals surface area contributed by atoms with E-state index in [1.807, 2.05) is 11.3 Å². The van der Waals surface area contributed by atoms with Gasteiger partial charge in [0.25, 0.3) is 0 Å². The minimum absolute atomic E-state index is 0.584. The zero-order chi connectivity index (χ0) is 45.9. The van der Waals surface area contributed by atoms with E-state index < -0.39 is 5.41 Å². The summed E-state index contributed by atoms with van der Waals surface area (Å²) in [7, 11) is 0. The predicted molar refractivity (Wildman–Crippen MR) is 296 cm³/mol. The third kappa shape index (κ3) is 5.44. The van der Waals surface area contributed by atoms with E-state index >= 15 is 0 Å². The lowest BCUT2D eigenvalue weighted by atomic mass is 9.65. The Balaban J connectivity index is 0.995. The quantitative estimate of drug-likeness (QED) is 0.161. The molecule has 1 atom stereocenters. The number of hydrogen-bond acceptors (Lipinski definition) is 2. The lowest BCUT2D eigenvalue weighted by molar-refractivity contribution is 0.748. The molecule has 2 aromatic heterocycles. The van der Waals surface area contributed by atoms with E-state index in [1.54, 1.807) is 0 Å². The highest BCUT2D eigenvalue weighted by Crippen LogP contribution is 2.62. The summed E-state index contributed by atoms with van der Waals surface area (Å²) >= 11 is 1.87. The maximum absolute atomic E-state index is 2.53. The third-order valence-electron chi connectivity index (χ3n) is 15.2. The van der Waals surface area contributed by atoms with Crippen LogP contribution in [0.25, 0.3) is 92.2 Å². The molecule has 15 rings (SSSR count). The predicted octanol–water partition coefficient (Wildman–Crippen LogP) is 18.3. The van der Waals surface area contributed by atoms with Gasteiger partial charge in [-0.15, -0.1) is 11.3 Å². The lowest BCUT2D eigenvalue weighted by Gasteiger charge is -2.40. The van der Waals surface area contributed by atoms with Crippen LogP contribution in [0.3, 0.4) is 0 Å². The van der Waals surface area contributed by atoms with E-state index in [0.29, 0.717) is 0 Å². The van der Waals surface area contributed by atoms with Crippen LogP contribution in [0, 0.1) is 0 Å². The molecular weight excluding hydrogens is 865 g/mol. The first-order valence-electron chi connectivity index (χ1n) is 24.2. The van der Waals surface area contributed by atoms with Gasteiger partial charge in [-0.05, 0) is 116 Å². The van der Waals surface area contributed by atoms with E-state index in [1.165, 1.54) is 109 Å². The van der Waals surface area contributed by atoms with Crippen molar-refractivity contribution in [2.75, 3.05) is 4.90 Å². The van der Waals surface area contributed by atoms with Crippen molar-refractivity contribution in [2.45, 2.75) is 5.41 Å². The van der Waals surface area contributed by atoms with E-state index in [0.717, 1.165) is 22.6 Å². The summed E-state index contributed by atoms with van der Waals surface area (Å²) in [5.41, 5.74) is 21.4. The Kier molecular flexibility index (Phi) is 8.48. The van der Waals surface area contributed by atoms with Gasteiger partial charge in [-0.1, -0.05) is 200 Å². The number of hydrogen-bond donors (Lipinski definition) is 0. The molecule has 0 amide bonds. The molecule has 0 saturated heterocycles. The number of thiophene rings is 1. The van der Waals surface area contributed by atoms with Crippen molar-refractivity contribution in [1.82, 2.24) is 4.57 Å². The number of nitrogens with zero attached hydrogens (tertiary/aromatic N) is 2. The zero-order valence-corrected chi connectivity index (χ0v) is 38.9. The standard InChI is InChI=1S/C67H42N2S/c1-2-18-43(19-3-1)47-20-4-5-21-49(47)52-23-7-12-31-60(52)68(45-38-36-44(37-39-45)48-26-17-35-64-65(48)55-25-9-15-34-63(55)70-64)46-40-41-51-50-22-6-10-28-56(50)67(59(51)42-46)57-29-11-14-33-62(57)69-61-32-13-8-24-53(61)54-27-16-30-58(67)66(54)69/h1-42H. The van der Waals surface area contributed by atoms with Gasteiger partial charge in [-0.3, -0.25) is 0 Å². The molecule has 0 saturated carbocycles. The number of aromatic nitrogens is 1. The second-order valence-electron chi connectivity index (χ2n) is 18.7. The Labute approximate surface area is 410 Å². The average Bonchev–Trinajstić information content (AvgIpc) is 4.09. The van der Waals surface area contributed by atoms with Gasteiger partial charge in [0.05, 0.1) is 27.8 Å². The minimum Gasteiger partial charge on any atom is -0.310 e. The highest BCUT2D eigenvalue weighted by molar-refractivity contribution is 7.25. The summed E-state index contributed by atoms with van der Waals surface area (Å²) < 4.78 is 5.15. The molecule has 3 heteroatoms. The van der Waals surface area contributed by atoms with Crippen LogP contribution in [0.15, 0.2) is 255 Å². The molecule has 2 aliphatic rings. The summed E-state index contributed by atoms with van der Waals surface area (Å²) in [5.74, 6) is 0. The summed E-state index contributed by atoms with van der Waals surface area (Å²) in [4.78, 5) is 2.50. The number of anilines is 3. The average molecular weight is 907 g/mol. The van der Waals surface area contributed by atoms with Crippen molar-refractivity contribution in [1.29, 1.82) is 0 Å². The van der Waals surface area contributed by atoms with Gasteiger partial charge in [0, 0.05) is 47.9 Å². The van der Waals surface area contributed by atoms with Crippen molar-refractivity contribution in [3.05, 3.63) is 277 Å². The van der Waals surface area contributed by atoms with E-state index in [-0.39, 0.29) is 0 Å². The first-order valence-corrected chi connectivity index (χ1v) is 25.0. The van der Waals surface area contributed by atoms with Gasteiger partial charge in [0.1, 0.15) is 0 Å². The topological polar surface area (TPSA) is 8.17 Å². The minimum atomic E-state index is -0.584. The maximum Gasteiger partial charge on any atom is 0.0755 e. The second kappa shape index (κ2) is 15.1. The Morgan fingerprint density at radius 2 is 0.929 bits per heavy atom. The van der Waals surface area contributed by atoms with Crippen LogP contribution < -0.4 is 4.90 Å². The third-order valence-corrected chi connectivity index (χ3v) is 16.4. The number of rotatable bonds is 6. The van der Waals surface area contributed by atoms with Crippen LogP contribution in [0.1, 0.15) is 22.3 Å². The fourth-order valence-electron chi connectivity index (χ4n) is 12.4. The fourth-order valence-corrected chi connectivity index (χ4v) is 13.5. The zero-order valence-electron chi connectivity index (χ0n) is 38.1. The van der Waals surface area contributed by atoms with E-state index in [2.05, 4.69) is 264 Å². The van der Waals surface area contributed by atoms with Crippen molar-refractivity contribution in [3.63, 3.8) is 0 Å². The Morgan fingerprint density at radius 1 is 0.343 bits per heavy atom. The Bertz CT molecular complexity index is 4250. The molecule has 70 heavy (non-hydrogen) atoms. The first-order chi connectivity index (χ1) is 34.8. The molecule has 0 radical (unpaired) electrons. The van der Waals surface area contributed by atoms with Crippen LogP contribution >= 0.6 is 11.3 Å². The largest absolute Gasteiger partial charge is 0.310 e. The lowest BCUT2D eigenvalue weighted by Crippen LogP contribution is -2.33. The van der Waals surface area contributed by atoms with Crippen LogP contribution in [-0.4, -0.2) is 4.57 Å². The molecule has 1 aliphatic heterocycles. The Hall–Kier alpha value is -8.76. The number of para-hydroxylation sites is 4. The molecular formula is C67H42N2S. The van der Waals surface area contributed by atoms with Gasteiger partial charge < -0.3 is 9.47 Å². The Morgan fingerprint density at radius 3 is 1.80 bits per heavy atom. The van der Waals surface area contributed by atoms with Crippen LogP contribution in [0.4, 0.5) is 17.1 Å². The monoisotopic (exact) mass is 906 g/mol. The van der Waals surface area contributed by atoms with Crippen LogP contribution in [0.2, 0.25) is 0 Å². The summed E-state index contributed by atoms with van der Waals surface area (Å²) in [5, 5.41) is 5.18. The molecule has 0 fully saturated rings. The normalized spacial score (nSPS) is 14.3. The summed E-state index contributed by atoms with van der Waals surface area (Å²) in [6, 6.07) is 94.9. The maximum atomic E-state index is 2.53. The number of fused-ring (bicyclic) bond motifs is 15. The van der Waals surface area contributed by atoms with E-state index in [4.69, 9.17) is 0 Å². The molecule has 326 valence electrons. The number of benzene rings is 11. The van der Waals surface area contributed by atoms with Crippen LogP contribution in [0.5, 0.6) is 0 Å². The van der Waals surface area contributed by atoms with Gasteiger partial charge in [0.2, 0.25) is 0 Å². The molecule has 11 aromatic carbocycles. The SMILES string of the molecule is c1ccc(-c2ccccc2-c2ccccc2N(c2ccc(-c3cccc4sc5ccccc5c34)cc2)c2ccc3c(c2)C2(c4ccccc4-3)c3ccccc3-n3c4ccccc4c4cccc2c43)cc1. The van der Waals surface area contributed by atoms with E-state index in [9.17, 15) is 0 Å². The van der Waals surface area contributed by atoms with Crippen molar-refractivity contribution in [2.24, 2.45) is 0 Å². The van der Waals surface area contributed by atoms with Crippen LogP contribution in [-0.2, 0) is 5.41 Å². The summed E-state index contributed by atoms with van der Waals surface area (Å²) in [6.07, 6.45) is 0. The van der Waals surface area contributed by atoms with Gasteiger partial charge in [-0.25, -0.2) is 0 Å². The molecule has 1 unspecified atom stereocenters. The van der Waals surface area contributed by atoms with Crippen molar-refractivity contribution >= 4 is 70.4 Å². The fraction of sp³-hybridized carbons (Fsp3) is 0.0149. The summed E-state index contributed by atoms with van der Waals surface area (Å²) in [6.45, 7) is 0. The second-order valence-corrected chi connectivity index (χ2v) is 19.8. The molecule has 2 nitrogen and oxygen atoms in total. The van der Waals surface area contributed by atoms with Gasteiger partial charge in [0.15, 0.2) is 0 Å². The van der Waals surface area contributed by atoms with Gasteiger partial charge >= 0.3 is 0 Å². The molecule has 1 aliphatic carbocycles. The van der Waals surface area contributed by atoms with Crippen molar-refractivity contribution in [3.8, 4) is 50.2 Å². The van der Waals surface area contributed by atoms with Crippen molar-refractivity contribution < 1.29 is 0 Å². The highest BCUT2D eigenvalue weighted by Gasteiger charge is 2.51. The smallest absolute Gasteiger partial charge is 0.0755 e. The highest BCUT2D eigenvalue weighted by atomic mass is 32.1. The molecule has 0 N–H and O–H groups in total. The molecule has 13 aromatic rings. The molecule has 3 heterocycles. The molecule has 0 bridgehead atoms. The molecule has 1 spiro atoms. The first kappa shape index (κ1) is 39.3. The van der Waals surface area contributed by atoms with Gasteiger partial charge in [-0.2, -0.15) is 0 Å².